The highest BCUT2D eigenvalue weighted by atomic mass is 127. The first-order valence-corrected chi connectivity index (χ1v) is 6.81. The van der Waals surface area contributed by atoms with Gasteiger partial charge in [-0.15, -0.1) is 0 Å². The third kappa shape index (κ3) is 2.52. The Morgan fingerprint density at radius 3 is 2.61 bits per heavy atom. The molecular formula is C14H11ClINO. The molecule has 0 saturated heterocycles. The lowest BCUT2D eigenvalue weighted by Gasteiger charge is -2.08. The molecular weight excluding hydrogens is 361 g/mol. The van der Waals surface area contributed by atoms with Crippen molar-refractivity contribution < 1.29 is 4.79 Å². The molecule has 0 aliphatic rings. The molecule has 18 heavy (non-hydrogen) atoms. The zero-order valence-corrected chi connectivity index (χ0v) is 12.6. The van der Waals surface area contributed by atoms with E-state index >= 15 is 0 Å². The lowest BCUT2D eigenvalue weighted by atomic mass is 10.0. The summed E-state index contributed by atoms with van der Waals surface area (Å²) in [6, 6.07) is 10.6. The van der Waals surface area contributed by atoms with E-state index in [2.05, 4.69) is 22.6 Å². The molecule has 0 aliphatic carbocycles. The first kappa shape index (κ1) is 13.4. The van der Waals surface area contributed by atoms with E-state index in [1.54, 1.807) is 18.2 Å². The molecule has 0 radical (unpaired) electrons. The van der Waals surface area contributed by atoms with Crippen LogP contribution in [0, 0.1) is 10.5 Å². The number of hydrogen-bond donors (Lipinski definition) is 1. The third-order valence-electron chi connectivity index (χ3n) is 2.67. The number of halogens is 2. The zero-order valence-electron chi connectivity index (χ0n) is 9.71. The maximum Gasteiger partial charge on any atom is 0.195 e. The summed E-state index contributed by atoms with van der Waals surface area (Å²) in [5.41, 5.74) is 8.40. The van der Waals surface area contributed by atoms with Crippen molar-refractivity contribution in [3.63, 3.8) is 0 Å². The fraction of sp³-hybridized carbons (Fsp3) is 0.0714. The summed E-state index contributed by atoms with van der Waals surface area (Å²) in [4.78, 5) is 12.4. The molecule has 0 atom stereocenters. The summed E-state index contributed by atoms with van der Waals surface area (Å²) in [7, 11) is 0. The minimum atomic E-state index is -0.0758. The van der Waals surface area contributed by atoms with Gasteiger partial charge in [-0.2, -0.15) is 0 Å². The molecule has 0 fully saturated rings. The second-order valence-corrected chi connectivity index (χ2v) is 5.49. The standard InChI is InChI=1S/C14H11ClINO/c1-8-3-2-4-11(13(8)16)14(18)10-6-5-9(17)7-12(10)15/h2-7H,17H2,1H3. The number of rotatable bonds is 2. The summed E-state index contributed by atoms with van der Waals surface area (Å²) in [5.74, 6) is -0.0758. The molecule has 0 aromatic heterocycles. The van der Waals surface area contributed by atoms with Gasteiger partial charge < -0.3 is 5.73 Å². The topological polar surface area (TPSA) is 43.1 Å². The van der Waals surface area contributed by atoms with Gasteiger partial charge in [-0.3, -0.25) is 4.79 Å². The smallest absolute Gasteiger partial charge is 0.195 e. The number of nitrogens with two attached hydrogens (primary N) is 1. The number of carbonyl (C=O) groups is 1. The Bertz CT molecular complexity index is 625. The zero-order chi connectivity index (χ0) is 13.3. The highest BCUT2D eigenvalue weighted by Crippen LogP contribution is 2.25. The molecule has 0 spiro atoms. The van der Waals surface area contributed by atoms with Crippen LogP contribution in [0.2, 0.25) is 5.02 Å². The number of hydrogen-bond acceptors (Lipinski definition) is 2. The molecule has 2 aromatic rings. The molecule has 2 aromatic carbocycles. The average Bonchev–Trinajstić information content (AvgIpc) is 2.32. The largest absolute Gasteiger partial charge is 0.399 e. The minimum absolute atomic E-state index is 0.0758. The highest BCUT2D eigenvalue weighted by molar-refractivity contribution is 14.1. The predicted molar refractivity (Wildman–Crippen MR) is 83.2 cm³/mol. The summed E-state index contributed by atoms with van der Waals surface area (Å²) < 4.78 is 0.952. The first-order valence-electron chi connectivity index (χ1n) is 5.35. The second-order valence-electron chi connectivity index (χ2n) is 4.00. The Labute approximate surface area is 124 Å². The molecule has 2 N–H and O–H groups in total. The molecule has 0 aliphatic heterocycles. The lowest BCUT2D eigenvalue weighted by Crippen LogP contribution is -2.05. The van der Waals surface area contributed by atoms with Crippen LogP contribution in [-0.4, -0.2) is 5.78 Å². The van der Waals surface area contributed by atoms with Crippen LogP contribution in [0.4, 0.5) is 5.69 Å². The quantitative estimate of drug-likeness (QED) is 0.491. The van der Waals surface area contributed by atoms with E-state index in [9.17, 15) is 4.79 Å². The number of aryl methyl sites for hydroxylation is 1. The van der Waals surface area contributed by atoms with E-state index < -0.39 is 0 Å². The van der Waals surface area contributed by atoms with Crippen molar-refractivity contribution in [1.29, 1.82) is 0 Å². The minimum Gasteiger partial charge on any atom is -0.399 e. The van der Waals surface area contributed by atoms with Gasteiger partial charge in [0.1, 0.15) is 0 Å². The summed E-state index contributed by atoms with van der Waals surface area (Å²) >= 11 is 8.24. The molecule has 0 saturated carbocycles. The fourth-order valence-corrected chi connectivity index (χ4v) is 2.56. The predicted octanol–water partition coefficient (Wildman–Crippen LogP) is 4.07. The molecule has 2 nitrogen and oxygen atoms in total. The molecule has 0 bridgehead atoms. The van der Waals surface area contributed by atoms with Gasteiger partial charge in [-0.1, -0.05) is 23.7 Å². The van der Waals surface area contributed by atoms with Crippen LogP contribution < -0.4 is 5.73 Å². The SMILES string of the molecule is Cc1cccc(C(=O)c2ccc(N)cc2Cl)c1I. The number of carbonyl (C=O) groups excluding carboxylic acids is 1. The Hall–Kier alpha value is -1.07. The van der Waals surface area contributed by atoms with Crippen LogP contribution in [0.15, 0.2) is 36.4 Å². The molecule has 0 amide bonds. The summed E-state index contributed by atoms with van der Waals surface area (Å²) in [5, 5.41) is 0.386. The van der Waals surface area contributed by atoms with E-state index in [-0.39, 0.29) is 5.78 Å². The van der Waals surface area contributed by atoms with Crippen molar-refractivity contribution in [1.82, 2.24) is 0 Å². The number of ketones is 1. The van der Waals surface area contributed by atoms with Crippen LogP contribution >= 0.6 is 34.2 Å². The van der Waals surface area contributed by atoms with Crippen molar-refractivity contribution in [2.75, 3.05) is 5.73 Å². The molecule has 0 unspecified atom stereocenters. The lowest BCUT2D eigenvalue weighted by molar-refractivity contribution is 0.103. The number of anilines is 1. The normalized spacial score (nSPS) is 10.4. The van der Waals surface area contributed by atoms with Crippen molar-refractivity contribution in [3.8, 4) is 0 Å². The summed E-state index contributed by atoms with van der Waals surface area (Å²) in [6.45, 7) is 1.98. The van der Waals surface area contributed by atoms with Gasteiger partial charge in [-0.25, -0.2) is 0 Å². The van der Waals surface area contributed by atoms with Gasteiger partial charge >= 0.3 is 0 Å². The van der Waals surface area contributed by atoms with E-state index in [0.29, 0.717) is 21.8 Å². The molecule has 0 heterocycles. The Morgan fingerprint density at radius 1 is 1.22 bits per heavy atom. The van der Waals surface area contributed by atoms with E-state index in [1.807, 2.05) is 25.1 Å². The average molecular weight is 372 g/mol. The van der Waals surface area contributed by atoms with Crippen molar-refractivity contribution in [2.45, 2.75) is 6.92 Å². The van der Waals surface area contributed by atoms with Gasteiger partial charge in [0.05, 0.1) is 5.02 Å². The Morgan fingerprint density at radius 2 is 1.94 bits per heavy atom. The maximum atomic E-state index is 12.4. The summed E-state index contributed by atoms with van der Waals surface area (Å²) in [6.07, 6.45) is 0. The van der Waals surface area contributed by atoms with E-state index in [1.165, 1.54) is 0 Å². The van der Waals surface area contributed by atoms with Crippen molar-refractivity contribution in [3.05, 3.63) is 61.7 Å². The molecule has 92 valence electrons. The van der Waals surface area contributed by atoms with Gasteiger partial charge in [0.2, 0.25) is 0 Å². The van der Waals surface area contributed by atoms with Crippen LogP contribution in [0.1, 0.15) is 21.5 Å². The monoisotopic (exact) mass is 371 g/mol. The van der Waals surface area contributed by atoms with Crippen molar-refractivity contribution >= 4 is 45.7 Å². The van der Waals surface area contributed by atoms with Crippen LogP contribution in [-0.2, 0) is 0 Å². The molecule has 2 rings (SSSR count). The fourth-order valence-electron chi connectivity index (χ4n) is 1.68. The van der Waals surface area contributed by atoms with Crippen molar-refractivity contribution in [2.24, 2.45) is 0 Å². The van der Waals surface area contributed by atoms with Crippen LogP contribution in [0.3, 0.4) is 0 Å². The number of benzene rings is 2. The molecule has 4 heteroatoms. The highest BCUT2D eigenvalue weighted by Gasteiger charge is 2.16. The Kier molecular flexibility index (Phi) is 3.92. The Balaban J connectivity index is 2.51. The van der Waals surface area contributed by atoms with Crippen LogP contribution in [0.25, 0.3) is 0 Å². The number of nitrogen functional groups attached to an aromatic ring is 1. The van der Waals surface area contributed by atoms with Crippen LogP contribution in [0.5, 0.6) is 0 Å². The van der Waals surface area contributed by atoms with Gasteiger partial charge in [0.25, 0.3) is 0 Å². The van der Waals surface area contributed by atoms with Gasteiger partial charge in [-0.05, 0) is 59.3 Å². The van der Waals surface area contributed by atoms with E-state index in [4.69, 9.17) is 17.3 Å². The van der Waals surface area contributed by atoms with Gasteiger partial charge in [0, 0.05) is 20.4 Å². The third-order valence-corrected chi connectivity index (χ3v) is 4.42. The second kappa shape index (κ2) is 5.28. The van der Waals surface area contributed by atoms with E-state index in [0.717, 1.165) is 9.13 Å². The van der Waals surface area contributed by atoms with Gasteiger partial charge in [0.15, 0.2) is 5.78 Å². The maximum absolute atomic E-state index is 12.4. The first-order chi connectivity index (χ1) is 8.50.